The van der Waals surface area contributed by atoms with E-state index in [1.807, 2.05) is 18.2 Å². The Morgan fingerprint density at radius 2 is 2.06 bits per heavy atom. The lowest BCUT2D eigenvalue weighted by Crippen LogP contribution is -1.98. The molecule has 1 N–H and O–H groups in total. The van der Waals surface area contributed by atoms with Crippen LogP contribution in [0.1, 0.15) is 0 Å². The van der Waals surface area contributed by atoms with Gasteiger partial charge in [0.15, 0.2) is 0 Å². The SMILES string of the molecule is COc1ccc(OC)c(Nc2ncncc2Br)c1. The minimum Gasteiger partial charge on any atom is -0.497 e. The van der Waals surface area contributed by atoms with Crippen LogP contribution in [-0.2, 0) is 0 Å². The Bertz CT molecular complexity index is 549. The molecule has 6 heteroatoms. The van der Waals surface area contributed by atoms with Gasteiger partial charge in [-0.3, -0.25) is 0 Å². The zero-order chi connectivity index (χ0) is 13.0. The third-order valence-corrected chi connectivity index (χ3v) is 2.91. The number of anilines is 2. The number of nitrogens with one attached hydrogen (secondary N) is 1. The van der Waals surface area contributed by atoms with E-state index in [-0.39, 0.29) is 0 Å². The summed E-state index contributed by atoms with van der Waals surface area (Å²) in [5.74, 6) is 2.11. The van der Waals surface area contributed by atoms with Gasteiger partial charge < -0.3 is 14.8 Å². The van der Waals surface area contributed by atoms with E-state index in [0.29, 0.717) is 11.6 Å². The lowest BCUT2D eigenvalue weighted by Gasteiger charge is -2.12. The molecule has 0 aliphatic rings. The molecule has 0 fully saturated rings. The van der Waals surface area contributed by atoms with E-state index in [2.05, 4.69) is 31.2 Å². The van der Waals surface area contributed by atoms with Crippen LogP contribution in [0.5, 0.6) is 11.5 Å². The normalized spacial score (nSPS) is 9.94. The van der Waals surface area contributed by atoms with Crippen LogP contribution < -0.4 is 14.8 Å². The fourth-order valence-electron chi connectivity index (χ4n) is 1.44. The third-order valence-electron chi connectivity index (χ3n) is 2.33. The molecule has 18 heavy (non-hydrogen) atoms. The Hall–Kier alpha value is -1.82. The average Bonchev–Trinajstić information content (AvgIpc) is 2.41. The van der Waals surface area contributed by atoms with Crippen molar-refractivity contribution in [2.75, 3.05) is 19.5 Å². The maximum absolute atomic E-state index is 5.28. The highest BCUT2D eigenvalue weighted by Crippen LogP contribution is 2.32. The molecule has 0 saturated carbocycles. The van der Waals surface area contributed by atoms with Gasteiger partial charge in [-0.15, -0.1) is 0 Å². The summed E-state index contributed by atoms with van der Waals surface area (Å²) in [7, 11) is 3.23. The van der Waals surface area contributed by atoms with Gasteiger partial charge in [0.1, 0.15) is 23.6 Å². The highest BCUT2D eigenvalue weighted by atomic mass is 79.9. The number of methoxy groups -OCH3 is 2. The van der Waals surface area contributed by atoms with Gasteiger partial charge in [0, 0.05) is 12.3 Å². The first kappa shape index (κ1) is 12.6. The average molecular weight is 310 g/mol. The molecular formula is C12H12BrN3O2. The zero-order valence-corrected chi connectivity index (χ0v) is 11.6. The summed E-state index contributed by atoms with van der Waals surface area (Å²) in [6.07, 6.45) is 3.14. The summed E-state index contributed by atoms with van der Waals surface area (Å²) in [6, 6.07) is 5.50. The van der Waals surface area contributed by atoms with Gasteiger partial charge >= 0.3 is 0 Å². The molecule has 5 nitrogen and oxygen atoms in total. The number of hydrogen-bond acceptors (Lipinski definition) is 5. The van der Waals surface area contributed by atoms with Crippen LogP contribution in [-0.4, -0.2) is 24.2 Å². The Labute approximate surface area is 113 Å². The van der Waals surface area contributed by atoms with Crippen molar-refractivity contribution in [1.82, 2.24) is 9.97 Å². The van der Waals surface area contributed by atoms with Gasteiger partial charge in [-0.25, -0.2) is 9.97 Å². The van der Waals surface area contributed by atoms with Crippen molar-refractivity contribution in [3.63, 3.8) is 0 Å². The Balaban J connectivity index is 2.35. The number of nitrogens with zero attached hydrogens (tertiary/aromatic N) is 2. The first-order chi connectivity index (χ1) is 8.74. The van der Waals surface area contributed by atoms with Crippen LogP contribution in [0.4, 0.5) is 11.5 Å². The van der Waals surface area contributed by atoms with Crippen LogP contribution in [0.3, 0.4) is 0 Å². The van der Waals surface area contributed by atoms with E-state index >= 15 is 0 Å². The number of hydrogen-bond donors (Lipinski definition) is 1. The zero-order valence-electron chi connectivity index (χ0n) is 9.98. The van der Waals surface area contributed by atoms with Gasteiger partial charge in [0.05, 0.1) is 24.4 Å². The predicted octanol–water partition coefficient (Wildman–Crippen LogP) is 3.00. The molecule has 2 aromatic rings. The van der Waals surface area contributed by atoms with Crippen molar-refractivity contribution >= 4 is 27.4 Å². The summed E-state index contributed by atoms with van der Waals surface area (Å²) in [5.41, 5.74) is 0.774. The largest absolute Gasteiger partial charge is 0.497 e. The van der Waals surface area contributed by atoms with Gasteiger partial charge in [-0.05, 0) is 28.1 Å². The third kappa shape index (κ3) is 2.70. The highest BCUT2D eigenvalue weighted by Gasteiger charge is 2.08. The highest BCUT2D eigenvalue weighted by molar-refractivity contribution is 9.10. The molecule has 1 aromatic carbocycles. The summed E-state index contributed by atoms with van der Waals surface area (Å²) >= 11 is 3.38. The topological polar surface area (TPSA) is 56.3 Å². The molecular weight excluding hydrogens is 298 g/mol. The smallest absolute Gasteiger partial charge is 0.148 e. The van der Waals surface area contributed by atoms with E-state index in [0.717, 1.165) is 15.9 Å². The van der Waals surface area contributed by atoms with Gasteiger partial charge in [-0.2, -0.15) is 0 Å². The van der Waals surface area contributed by atoms with E-state index in [9.17, 15) is 0 Å². The maximum Gasteiger partial charge on any atom is 0.148 e. The Morgan fingerprint density at radius 3 is 2.72 bits per heavy atom. The van der Waals surface area contributed by atoms with E-state index in [1.165, 1.54) is 6.33 Å². The number of benzene rings is 1. The standard InChI is InChI=1S/C12H12BrN3O2/c1-17-8-3-4-11(18-2)10(5-8)16-12-9(13)6-14-7-15-12/h3-7H,1-2H3,(H,14,15,16). The van der Waals surface area contributed by atoms with E-state index in [4.69, 9.17) is 9.47 Å². The Morgan fingerprint density at radius 1 is 1.22 bits per heavy atom. The maximum atomic E-state index is 5.28. The van der Waals surface area contributed by atoms with Crippen LogP contribution >= 0.6 is 15.9 Å². The molecule has 1 heterocycles. The first-order valence-electron chi connectivity index (χ1n) is 5.19. The van der Waals surface area contributed by atoms with Crippen molar-refractivity contribution in [1.29, 1.82) is 0 Å². The molecule has 0 bridgehead atoms. The lowest BCUT2D eigenvalue weighted by molar-refractivity contribution is 0.405. The molecule has 0 unspecified atom stereocenters. The van der Waals surface area contributed by atoms with Crippen molar-refractivity contribution in [3.8, 4) is 11.5 Å². The van der Waals surface area contributed by atoms with Gasteiger partial charge in [0.25, 0.3) is 0 Å². The molecule has 0 aliphatic carbocycles. The van der Waals surface area contributed by atoms with E-state index < -0.39 is 0 Å². The molecule has 0 amide bonds. The molecule has 0 spiro atoms. The second kappa shape index (κ2) is 5.68. The Kier molecular flexibility index (Phi) is 3.99. The van der Waals surface area contributed by atoms with Crippen LogP contribution in [0.2, 0.25) is 0 Å². The van der Waals surface area contributed by atoms with Crippen molar-refractivity contribution < 1.29 is 9.47 Å². The monoisotopic (exact) mass is 309 g/mol. The first-order valence-corrected chi connectivity index (χ1v) is 5.98. The number of aromatic nitrogens is 2. The van der Waals surface area contributed by atoms with Crippen molar-refractivity contribution in [2.45, 2.75) is 0 Å². The van der Waals surface area contributed by atoms with Gasteiger partial charge in [-0.1, -0.05) is 0 Å². The number of halogens is 1. The number of rotatable bonds is 4. The quantitative estimate of drug-likeness (QED) is 0.941. The fourth-order valence-corrected chi connectivity index (χ4v) is 1.76. The second-order valence-corrected chi connectivity index (χ2v) is 4.26. The fraction of sp³-hybridized carbons (Fsp3) is 0.167. The summed E-state index contributed by atoms with van der Waals surface area (Å²) in [4.78, 5) is 8.05. The molecule has 0 saturated heterocycles. The molecule has 2 rings (SSSR count). The van der Waals surface area contributed by atoms with Crippen LogP contribution in [0.15, 0.2) is 35.2 Å². The molecule has 0 atom stereocenters. The molecule has 1 aromatic heterocycles. The summed E-state index contributed by atoms with van der Waals surface area (Å²) in [6.45, 7) is 0. The van der Waals surface area contributed by atoms with Crippen molar-refractivity contribution in [3.05, 3.63) is 35.2 Å². The van der Waals surface area contributed by atoms with Crippen molar-refractivity contribution in [2.24, 2.45) is 0 Å². The van der Waals surface area contributed by atoms with E-state index in [1.54, 1.807) is 20.4 Å². The van der Waals surface area contributed by atoms with Crippen LogP contribution in [0.25, 0.3) is 0 Å². The molecule has 94 valence electrons. The lowest BCUT2D eigenvalue weighted by atomic mass is 10.2. The van der Waals surface area contributed by atoms with Crippen LogP contribution in [0, 0.1) is 0 Å². The molecule has 0 aliphatic heterocycles. The minimum atomic E-state index is 0.663. The number of ether oxygens (including phenoxy) is 2. The minimum absolute atomic E-state index is 0.663. The predicted molar refractivity (Wildman–Crippen MR) is 72.6 cm³/mol. The van der Waals surface area contributed by atoms with Gasteiger partial charge in [0.2, 0.25) is 0 Å². The second-order valence-electron chi connectivity index (χ2n) is 3.41. The summed E-state index contributed by atoms with van der Waals surface area (Å²) in [5, 5.41) is 3.16. The molecule has 0 radical (unpaired) electrons. The summed E-state index contributed by atoms with van der Waals surface area (Å²) < 4.78 is 11.2.